The molecule has 0 amide bonds. The highest BCUT2D eigenvalue weighted by Crippen LogP contribution is 2.40. The van der Waals surface area contributed by atoms with Gasteiger partial charge in [0.05, 0.1) is 14.2 Å². The summed E-state index contributed by atoms with van der Waals surface area (Å²) in [5, 5.41) is 3.66. The first-order chi connectivity index (χ1) is 8.83. The number of methoxy groups -OCH3 is 2. The maximum atomic E-state index is 5.57. The second-order valence-electron chi connectivity index (χ2n) is 5.31. The van der Waals surface area contributed by atoms with Crippen LogP contribution in [0, 0.1) is 5.92 Å². The minimum Gasteiger partial charge on any atom is -0.493 e. The smallest absolute Gasteiger partial charge is 0.164 e. The molecule has 3 nitrogen and oxygen atoms in total. The van der Waals surface area contributed by atoms with Gasteiger partial charge >= 0.3 is 0 Å². The SMILES string of the molecule is COc1ccc2c(c1OC)CC1CCCNC1C2.Cl. The van der Waals surface area contributed by atoms with Gasteiger partial charge in [0.1, 0.15) is 0 Å². The Balaban J connectivity index is 0.00000133. The largest absolute Gasteiger partial charge is 0.493 e. The van der Waals surface area contributed by atoms with Crippen LogP contribution in [0.5, 0.6) is 11.5 Å². The molecule has 3 rings (SSSR count). The number of nitrogens with one attached hydrogen (secondary N) is 1. The lowest BCUT2D eigenvalue weighted by molar-refractivity contribution is 0.257. The average Bonchev–Trinajstić information content (AvgIpc) is 2.43. The number of hydrogen-bond acceptors (Lipinski definition) is 3. The molecule has 2 aliphatic rings. The van der Waals surface area contributed by atoms with E-state index in [2.05, 4.69) is 11.4 Å². The van der Waals surface area contributed by atoms with Crippen molar-refractivity contribution in [3.63, 3.8) is 0 Å². The van der Waals surface area contributed by atoms with Crippen LogP contribution in [0.3, 0.4) is 0 Å². The zero-order valence-electron chi connectivity index (χ0n) is 11.6. The molecule has 0 saturated carbocycles. The fourth-order valence-electron chi connectivity index (χ4n) is 3.45. The summed E-state index contributed by atoms with van der Waals surface area (Å²) in [4.78, 5) is 0. The Morgan fingerprint density at radius 3 is 2.74 bits per heavy atom. The second-order valence-corrected chi connectivity index (χ2v) is 5.31. The molecule has 1 aromatic rings. The second kappa shape index (κ2) is 6.02. The van der Waals surface area contributed by atoms with Crippen molar-refractivity contribution < 1.29 is 9.47 Å². The number of rotatable bonds is 2. The van der Waals surface area contributed by atoms with Crippen molar-refractivity contribution in [3.8, 4) is 11.5 Å². The van der Waals surface area contributed by atoms with Crippen LogP contribution in [0.4, 0.5) is 0 Å². The van der Waals surface area contributed by atoms with Gasteiger partial charge in [-0.1, -0.05) is 6.07 Å². The molecule has 1 aliphatic carbocycles. The van der Waals surface area contributed by atoms with E-state index in [4.69, 9.17) is 9.47 Å². The predicted molar refractivity (Wildman–Crippen MR) is 78.7 cm³/mol. The summed E-state index contributed by atoms with van der Waals surface area (Å²) in [5.41, 5.74) is 2.78. The van der Waals surface area contributed by atoms with Gasteiger partial charge < -0.3 is 14.8 Å². The first kappa shape index (κ1) is 14.5. The summed E-state index contributed by atoms with van der Waals surface area (Å²) < 4.78 is 11.0. The highest BCUT2D eigenvalue weighted by Gasteiger charge is 2.32. The summed E-state index contributed by atoms with van der Waals surface area (Å²) in [6, 6.07) is 4.88. The molecule has 19 heavy (non-hydrogen) atoms. The van der Waals surface area contributed by atoms with Gasteiger partial charge in [0.2, 0.25) is 0 Å². The number of halogens is 1. The van der Waals surface area contributed by atoms with E-state index in [1.165, 1.54) is 30.5 Å². The molecule has 0 spiro atoms. The van der Waals surface area contributed by atoms with Gasteiger partial charge in [0, 0.05) is 11.6 Å². The van der Waals surface area contributed by atoms with Crippen molar-refractivity contribution in [2.24, 2.45) is 5.92 Å². The van der Waals surface area contributed by atoms with Crippen LogP contribution in [0.2, 0.25) is 0 Å². The minimum absolute atomic E-state index is 0. The molecule has 0 aromatic heterocycles. The number of hydrogen-bond donors (Lipinski definition) is 1. The fraction of sp³-hybridized carbons (Fsp3) is 0.600. The Kier molecular flexibility index (Phi) is 4.58. The molecule has 1 N–H and O–H groups in total. The monoisotopic (exact) mass is 283 g/mol. The number of piperidine rings is 1. The Morgan fingerprint density at radius 1 is 1.16 bits per heavy atom. The zero-order valence-corrected chi connectivity index (χ0v) is 12.4. The van der Waals surface area contributed by atoms with Crippen LogP contribution in [-0.2, 0) is 12.8 Å². The van der Waals surface area contributed by atoms with Crippen molar-refractivity contribution in [3.05, 3.63) is 23.3 Å². The Morgan fingerprint density at radius 2 is 2.00 bits per heavy atom. The van der Waals surface area contributed by atoms with Crippen molar-refractivity contribution in [2.75, 3.05) is 20.8 Å². The molecule has 0 radical (unpaired) electrons. The molecule has 2 atom stereocenters. The van der Waals surface area contributed by atoms with Crippen molar-refractivity contribution in [2.45, 2.75) is 31.7 Å². The van der Waals surface area contributed by atoms with Gasteiger partial charge in [0.25, 0.3) is 0 Å². The van der Waals surface area contributed by atoms with Gasteiger partial charge in [-0.3, -0.25) is 0 Å². The minimum atomic E-state index is 0. The van der Waals surface area contributed by atoms with Gasteiger partial charge in [-0.2, -0.15) is 0 Å². The van der Waals surface area contributed by atoms with Crippen LogP contribution in [0.25, 0.3) is 0 Å². The first-order valence-corrected chi connectivity index (χ1v) is 6.79. The van der Waals surface area contributed by atoms with Crippen molar-refractivity contribution in [1.82, 2.24) is 5.32 Å². The van der Waals surface area contributed by atoms with Crippen LogP contribution in [0.15, 0.2) is 12.1 Å². The van der Waals surface area contributed by atoms with E-state index in [0.29, 0.717) is 6.04 Å². The standard InChI is InChI=1S/C15H21NO2.ClH/c1-17-14-6-5-10-9-13-11(4-3-7-16-13)8-12(10)15(14)18-2;/h5-6,11,13,16H,3-4,7-9H2,1-2H3;1H. The third-order valence-electron chi connectivity index (χ3n) is 4.38. The van der Waals surface area contributed by atoms with E-state index in [9.17, 15) is 0 Å². The molecular formula is C15H22ClNO2. The number of fused-ring (bicyclic) bond motifs is 2. The molecule has 1 saturated heterocycles. The third kappa shape index (κ3) is 2.54. The summed E-state index contributed by atoms with van der Waals surface area (Å²) >= 11 is 0. The van der Waals surface area contributed by atoms with Gasteiger partial charge in [-0.05, 0) is 49.8 Å². The molecule has 4 heteroatoms. The van der Waals surface area contributed by atoms with Crippen LogP contribution >= 0.6 is 12.4 Å². The molecule has 2 unspecified atom stereocenters. The molecule has 1 fully saturated rings. The lowest BCUT2D eigenvalue weighted by Crippen LogP contribution is -2.46. The molecule has 1 aliphatic heterocycles. The summed E-state index contributed by atoms with van der Waals surface area (Å²) in [7, 11) is 3.45. The van der Waals surface area contributed by atoms with Crippen LogP contribution in [-0.4, -0.2) is 26.8 Å². The van der Waals surface area contributed by atoms with Gasteiger partial charge in [-0.25, -0.2) is 0 Å². The predicted octanol–water partition coefficient (Wildman–Crippen LogP) is 2.59. The van der Waals surface area contributed by atoms with Gasteiger partial charge in [-0.15, -0.1) is 12.4 Å². The molecule has 1 aromatic carbocycles. The van der Waals surface area contributed by atoms with E-state index in [0.717, 1.165) is 30.3 Å². The van der Waals surface area contributed by atoms with E-state index in [1.54, 1.807) is 14.2 Å². The maximum absolute atomic E-state index is 5.57. The molecule has 0 bridgehead atoms. The topological polar surface area (TPSA) is 30.5 Å². The van der Waals surface area contributed by atoms with Crippen LogP contribution < -0.4 is 14.8 Å². The number of benzene rings is 1. The maximum Gasteiger partial charge on any atom is 0.164 e. The molecule has 1 heterocycles. The molecule has 106 valence electrons. The fourth-order valence-corrected chi connectivity index (χ4v) is 3.45. The summed E-state index contributed by atoms with van der Waals surface area (Å²) in [6.07, 6.45) is 4.87. The van der Waals surface area contributed by atoms with Crippen molar-refractivity contribution in [1.29, 1.82) is 0 Å². The lowest BCUT2D eigenvalue weighted by Gasteiger charge is -2.38. The Bertz CT molecular complexity index is 450. The normalized spacial score (nSPS) is 24.7. The lowest BCUT2D eigenvalue weighted by atomic mass is 9.76. The summed E-state index contributed by atoms with van der Waals surface area (Å²) in [6.45, 7) is 1.17. The van der Waals surface area contributed by atoms with E-state index >= 15 is 0 Å². The van der Waals surface area contributed by atoms with Gasteiger partial charge in [0.15, 0.2) is 11.5 Å². The highest BCUT2D eigenvalue weighted by atomic mass is 35.5. The summed E-state index contributed by atoms with van der Waals surface area (Å²) in [5.74, 6) is 2.56. The highest BCUT2D eigenvalue weighted by molar-refractivity contribution is 5.85. The van der Waals surface area contributed by atoms with Crippen LogP contribution in [0.1, 0.15) is 24.0 Å². The van der Waals surface area contributed by atoms with E-state index in [-0.39, 0.29) is 12.4 Å². The van der Waals surface area contributed by atoms with E-state index in [1.807, 2.05) is 6.07 Å². The molecular weight excluding hydrogens is 262 g/mol. The van der Waals surface area contributed by atoms with Crippen molar-refractivity contribution >= 4 is 12.4 Å². The Hall–Kier alpha value is -0.930. The first-order valence-electron chi connectivity index (χ1n) is 6.79. The third-order valence-corrected chi connectivity index (χ3v) is 4.38. The number of ether oxygens (including phenoxy) is 2. The average molecular weight is 284 g/mol. The van der Waals surface area contributed by atoms with E-state index < -0.39 is 0 Å². The Labute approximate surface area is 121 Å². The quantitative estimate of drug-likeness (QED) is 0.905. The zero-order chi connectivity index (χ0) is 12.5.